The zero-order valence-electron chi connectivity index (χ0n) is 17.9. The zero-order chi connectivity index (χ0) is 20.7. The molecule has 2 heterocycles. The summed E-state index contributed by atoms with van der Waals surface area (Å²) < 4.78 is 0. The van der Waals surface area contributed by atoms with E-state index in [9.17, 15) is 9.59 Å². The molecule has 0 saturated carbocycles. The molecule has 1 aromatic carbocycles. The summed E-state index contributed by atoms with van der Waals surface area (Å²) in [4.78, 5) is 29.4. The smallest absolute Gasteiger partial charge is 0.246 e. The van der Waals surface area contributed by atoms with E-state index in [1.54, 1.807) is 6.08 Å². The molecule has 2 amide bonds. The molecular formula is C24H35N3O2. The maximum absolute atomic E-state index is 12.7. The van der Waals surface area contributed by atoms with Crippen LogP contribution in [0.1, 0.15) is 51.5 Å². The average Bonchev–Trinajstić information content (AvgIpc) is 2.77. The van der Waals surface area contributed by atoms with E-state index in [0.717, 1.165) is 31.5 Å². The molecule has 0 aliphatic carbocycles. The summed E-state index contributed by atoms with van der Waals surface area (Å²) in [6, 6.07) is 9.84. The third kappa shape index (κ3) is 6.17. The van der Waals surface area contributed by atoms with Gasteiger partial charge < -0.3 is 10.2 Å². The predicted octanol–water partition coefficient (Wildman–Crippen LogP) is 3.32. The Morgan fingerprint density at radius 1 is 1.03 bits per heavy atom. The molecule has 2 aliphatic heterocycles. The lowest BCUT2D eigenvalue weighted by Gasteiger charge is -2.41. The van der Waals surface area contributed by atoms with Crippen LogP contribution in [0.15, 0.2) is 36.4 Å². The molecule has 0 unspecified atom stereocenters. The minimum Gasteiger partial charge on any atom is -0.354 e. The highest BCUT2D eigenvalue weighted by molar-refractivity contribution is 5.92. The number of carbonyl (C=O) groups excluding carboxylic acids is 2. The molecule has 2 aliphatic rings. The Labute approximate surface area is 175 Å². The van der Waals surface area contributed by atoms with Crippen LogP contribution in [0.3, 0.4) is 0 Å². The minimum absolute atomic E-state index is 0.00498. The number of nitrogens with one attached hydrogen (secondary N) is 1. The molecule has 0 spiro atoms. The zero-order valence-corrected chi connectivity index (χ0v) is 17.9. The van der Waals surface area contributed by atoms with Gasteiger partial charge in [0.1, 0.15) is 0 Å². The number of rotatable bonds is 6. The van der Waals surface area contributed by atoms with Crippen molar-refractivity contribution in [1.82, 2.24) is 15.1 Å². The average molecular weight is 398 g/mol. The summed E-state index contributed by atoms with van der Waals surface area (Å²) in [7, 11) is 0. The normalized spacial score (nSPS) is 19.4. The first kappa shape index (κ1) is 21.6. The van der Waals surface area contributed by atoms with Crippen LogP contribution in [0.5, 0.6) is 0 Å². The van der Waals surface area contributed by atoms with Gasteiger partial charge in [0.2, 0.25) is 11.8 Å². The number of benzene rings is 1. The summed E-state index contributed by atoms with van der Waals surface area (Å²) in [5.41, 5.74) is 1.01. The van der Waals surface area contributed by atoms with Crippen molar-refractivity contribution in [3.8, 4) is 0 Å². The Balaban J connectivity index is 1.42. The molecule has 2 saturated heterocycles. The summed E-state index contributed by atoms with van der Waals surface area (Å²) >= 11 is 0. The molecule has 0 aromatic heterocycles. The van der Waals surface area contributed by atoms with E-state index in [4.69, 9.17) is 0 Å². The number of amides is 2. The van der Waals surface area contributed by atoms with Gasteiger partial charge in [0.15, 0.2) is 0 Å². The maximum atomic E-state index is 12.7. The second kappa shape index (κ2) is 10.1. The van der Waals surface area contributed by atoms with E-state index in [-0.39, 0.29) is 23.3 Å². The van der Waals surface area contributed by atoms with Gasteiger partial charge in [-0.15, -0.1) is 0 Å². The number of carbonyl (C=O) groups is 2. The van der Waals surface area contributed by atoms with Crippen LogP contribution in [0.2, 0.25) is 0 Å². The van der Waals surface area contributed by atoms with Crippen molar-refractivity contribution in [2.75, 3.05) is 32.7 Å². The third-order valence-corrected chi connectivity index (χ3v) is 6.30. The Hall–Kier alpha value is -2.14. The monoisotopic (exact) mass is 397 g/mol. The van der Waals surface area contributed by atoms with Gasteiger partial charge in [0.05, 0.1) is 0 Å². The molecule has 3 rings (SSSR count). The Bertz CT molecular complexity index is 700. The van der Waals surface area contributed by atoms with Crippen LogP contribution < -0.4 is 5.32 Å². The summed E-state index contributed by atoms with van der Waals surface area (Å²) in [5, 5.41) is 3.18. The van der Waals surface area contributed by atoms with Crippen molar-refractivity contribution in [3.63, 3.8) is 0 Å². The van der Waals surface area contributed by atoms with Crippen LogP contribution in [-0.4, -0.2) is 59.9 Å². The van der Waals surface area contributed by atoms with Gasteiger partial charge in [-0.25, -0.2) is 0 Å². The number of hydrogen-bond donors (Lipinski definition) is 1. The molecule has 5 heteroatoms. The van der Waals surface area contributed by atoms with E-state index in [0.29, 0.717) is 19.6 Å². The predicted molar refractivity (Wildman–Crippen MR) is 117 cm³/mol. The highest BCUT2D eigenvalue weighted by Gasteiger charge is 2.31. The van der Waals surface area contributed by atoms with Crippen molar-refractivity contribution in [2.24, 2.45) is 5.92 Å². The lowest BCUT2D eigenvalue weighted by molar-refractivity contribution is -0.132. The quantitative estimate of drug-likeness (QED) is 0.749. The second-order valence-corrected chi connectivity index (χ2v) is 8.92. The van der Waals surface area contributed by atoms with Crippen molar-refractivity contribution < 1.29 is 9.59 Å². The first-order valence-corrected chi connectivity index (χ1v) is 11.0. The lowest BCUT2D eigenvalue weighted by Crippen LogP contribution is -2.54. The molecule has 0 radical (unpaired) electrons. The summed E-state index contributed by atoms with van der Waals surface area (Å²) in [5.74, 6) is 0.176. The van der Waals surface area contributed by atoms with Crippen molar-refractivity contribution in [3.05, 3.63) is 42.0 Å². The van der Waals surface area contributed by atoms with Crippen LogP contribution in [0.4, 0.5) is 0 Å². The minimum atomic E-state index is -0.00498. The molecule has 5 nitrogen and oxygen atoms in total. The van der Waals surface area contributed by atoms with E-state index < -0.39 is 0 Å². The molecule has 29 heavy (non-hydrogen) atoms. The summed E-state index contributed by atoms with van der Waals surface area (Å²) in [6.07, 6.45) is 8.78. The standard InChI is InChI=1S/C24H35N3O2/c1-24(2,27-15-7-4-8-16-27)19-25-23(29)21-13-17-26(18-14-21)22(28)12-11-20-9-5-3-6-10-20/h3,5-6,9-12,21H,4,7-8,13-19H2,1-2H3,(H,25,29). The topological polar surface area (TPSA) is 52.7 Å². The molecule has 1 N–H and O–H groups in total. The van der Waals surface area contributed by atoms with E-state index in [1.165, 1.54) is 19.3 Å². The van der Waals surface area contributed by atoms with Crippen LogP contribution in [0.25, 0.3) is 6.08 Å². The Morgan fingerprint density at radius 3 is 2.34 bits per heavy atom. The van der Waals surface area contributed by atoms with Gasteiger partial charge in [0.25, 0.3) is 0 Å². The number of nitrogens with zero attached hydrogens (tertiary/aromatic N) is 2. The van der Waals surface area contributed by atoms with Crippen LogP contribution in [0, 0.1) is 5.92 Å². The van der Waals surface area contributed by atoms with Gasteiger partial charge in [-0.2, -0.15) is 0 Å². The Morgan fingerprint density at radius 2 is 1.69 bits per heavy atom. The van der Waals surface area contributed by atoms with Crippen molar-refractivity contribution in [1.29, 1.82) is 0 Å². The van der Waals surface area contributed by atoms with Crippen LogP contribution in [-0.2, 0) is 9.59 Å². The molecule has 0 atom stereocenters. The van der Waals surface area contributed by atoms with Crippen molar-refractivity contribution in [2.45, 2.75) is 51.5 Å². The number of likely N-dealkylation sites (tertiary alicyclic amines) is 2. The Kier molecular flexibility index (Phi) is 7.48. The fourth-order valence-corrected chi connectivity index (χ4v) is 4.26. The number of piperidine rings is 2. The molecule has 0 bridgehead atoms. The molecule has 1 aromatic rings. The fourth-order valence-electron chi connectivity index (χ4n) is 4.26. The third-order valence-electron chi connectivity index (χ3n) is 6.30. The second-order valence-electron chi connectivity index (χ2n) is 8.92. The van der Waals surface area contributed by atoms with Crippen molar-refractivity contribution >= 4 is 17.9 Å². The maximum Gasteiger partial charge on any atom is 0.246 e. The molecule has 2 fully saturated rings. The van der Waals surface area contributed by atoms with Crippen LogP contribution >= 0.6 is 0 Å². The van der Waals surface area contributed by atoms with Gasteiger partial charge in [-0.05, 0) is 64.3 Å². The van der Waals surface area contributed by atoms with Gasteiger partial charge >= 0.3 is 0 Å². The first-order valence-electron chi connectivity index (χ1n) is 11.0. The first-order chi connectivity index (χ1) is 14.0. The van der Waals surface area contributed by atoms with E-state index in [1.807, 2.05) is 41.3 Å². The SMILES string of the molecule is CC(C)(CNC(=O)C1CCN(C(=O)C=Cc2ccccc2)CC1)N1CCCCC1. The van der Waals surface area contributed by atoms with E-state index >= 15 is 0 Å². The fraction of sp³-hybridized carbons (Fsp3) is 0.583. The van der Waals surface area contributed by atoms with Gasteiger partial charge in [0, 0.05) is 37.2 Å². The highest BCUT2D eigenvalue weighted by Crippen LogP contribution is 2.21. The molecule has 158 valence electrons. The highest BCUT2D eigenvalue weighted by atomic mass is 16.2. The largest absolute Gasteiger partial charge is 0.354 e. The lowest BCUT2D eigenvalue weighted by atomic mass is 9.94. The summed E-state index contributed by atoms with van der Waals surface area (Å²) in [6.45, 7) is 8.67. The van der Waals surface area contributed by atoms with Gasteiger partial charge in [-0.1, -0.05) is 36.8 Å². The number of hydrogen-bond acceptors (Lipinski definition) is 3. The van der Waals surface area contributed by atoms with E-state index in [2.05, 4.69) is 24.1 Å². The van der Waals surface area contributed by atoms with Gasteiger partial charge in [-0.3, -0.25) is 14.5 Å². The molecular weight excluding hydrogens is 362 g/mol.